The van der Waals surface area contributed by atoms with Crippen LogP contribution in [-0.2, 0) is 18.7 Å². The topological polar surface area (TPSA) is 65.0 Å². The van der Waals surface area contributed by atoms with Gasteiger partial charge < -0.3 is 19.0 Å². The van der Waals surface area contributed by atoms with Crippen LogP contribution in [0.2, 0.25) is 24.7 Å². The second kappa shape index (κ2) is 18.1. The minimum absolute atomic E-state index is 0. The number of aliphatic hydroxyl groups is 1. The molecule has 1 aliphatic rings. The fourth-order valence-corrected chi connectivity index (χ4v) is 12.7. The lowest BCUT2D eigenvalue weighted by Crippen LogP contribution is -2.67. The van der Waals surface area contributed by atoms with E-state index in [0.717, 1.165) is 19.3 Å². The second-order valence-electron chi connectivity index (χ2n) is 17.4. The zero-order valence-electron chi connectivity index (χ0n) is 32.7. The van der Waals surface area contributed by atoms with E-state index in [4.69, 9.17) is 13.9 Å². The van der Waals surface area contributed by atoms with Crippen molar-refractivity contribution in [3.63, 3.8) is 0 Å². The quantitative estimate of drug-likeness (QED) is 0.147. The standard InChI is InChI=1S/C42H66O5Si2.CH4/c1-32(22-21-23-33(2)47-49(40(3,4)5,34-24-15-13-16-25-34)35-26-17-14-18-27-35)38(43)36(28-19-20-31-48(10,11)12)39(44)41(6,7)37-29-30-45-42(8,9)46-37;/h13-18,24-27,32-33,36-38,43H,19,21-23,28-30H2,1-12H3;1H4/t32-,33?,36+,37-,38?;/m0./s1. The first-order chi connectivity index (χ1) is 22.7. The van der Waals surface area contributed by atoms with E-state index in [1.165, 1.54) is 10.4 Å². The van der Waals surface area contributed by atoms with E-state index in [2.05, 4.69) is 126 Å². The average molecular weight is 723 g/mol. The van der Waals surface area contributed by atoms with Gasteiger partial charge in [-0.3, -0.25) is 4.79 Å². The van der Waals surface area contributed by atoms with Crippen LogP contribution in [0.15, 0.2) is 60.7 Å². The van der Waals surface area contributed by atoms with E-state index in [1.807, 2.05) is 27.7 Å². The number of carbonyl (C=O) groups is 1. The summed E-state index contributed by atoms with van der Waals surface area (Å²) in [6, 6.07) is 21.5. The molecule has 50 heavy (non-hydrogen) atoms. The second-order valence-corrected chi connectivity index (χ2v) is 26.4. The molecule has 1 N–H and O–H groups in total. The first-order valence-corrected chi connectivity index (χ1v) is 23.9. The number of ether oxygens (including phenoxy) is 2. The van der Waals surface area contributed by atoms with Crippen LogP contribution in [0.5, 0.6) is 0 Å². The first-order valence-electron chi connectivity index (χ1n) is 18.5. The molecule has 3 rings (SSSR count). The molecule has 1 fully saturated rings. The van der Waals surface area contributed by atoms with Crippen LogP contribution in [0.4, 0.5) is 0 Å². The Morgan fingerprint density at radius 3 is 1.96 bits per heavy atom. The minimum atomic E-state index is -2.65. The Hall–Kier alpha value is -2.06. The van der Waals surface area contributed by atoms with Crippen LogP contribution in [0.3, 0.4) is 0 Å². The first kappa shape index (κ1) is 44.1. The Morgan fingerprint density at radius 2 is 1.48 bits per heavy atom. The van der Waals surface area contributed by atoms with E-state index in [9.17, 15) is 9.90 Å². The maximum Gasteiger partial charge on any atom is 0.261 e. The van der Waals surface area contributed by atoms with E-state index < -0.39 is 39.6 Å². The molecule has 0 spiro atoms. The molecule has 0 saturated carbocycles. The van der Waals surface area contributed by atoms with Crippen LogP contribution in [0, 0.1) is 28.7 Å². The number of benzene rings is 2. The van der Waals surface area contributed by atoms with Crippen molar-refractivity contribution in [2.75, 3.05) is 6.61 Å². The highest BCUT2D eigenvalue weighted by Crippen LogP contribution is 2.40. The molecule has 0 aliphatic carbocycles. The molecule has 1 aliphatic heterocycles. The van der Waals surface area contributed by atoms with Gasteiger partial charge in [0, 0.05) is 18.4 Å². The van der Waals surface area contributed by atoms with Gasteiger partial charge >= 0.3 is 0 Å². The van der Waals surface area contributed by atoms with Crippen LogP contribution in [0.1, 0.15) is 108 Å². The van der Waals surface area contributed by atoms with Gasteiger partial charge in [-0.15, -0.1) is 11.5 Å². The number of carbonyl (C=O) groups excluding carboxylic acids is 1. The van der Waals surface area contributed by atoms with Gasteiger partial charge in [0.05, 0.1) is 24.2 Å². The molecule has 5 nitrogen and oxygen atoms in total. The summed E-state index contributed by atoms with van der Waals surface area (Å²) in [5.74, 6) is 2.11. The molecule has 0 bridgehead atoms. The van der Waals surface area contributed by atoms with Gasteiger partial charge in [-0.2, -0.15) is 0 Å². The summed E-state index contributed by atoms with van der Waals surface area (Å²) < 4.78 is 19.4. The molecule has 5 atom stereocenters. The predicted molar refractivity (Wildman–Crippen MR) is 216 cm³/mol. The summed E-state index contributed by atoms with van der Waals surface area (Å²) in [6.07, 6.45) is 3.36. The zero-order valence-corrected chi connectivity index (χ0v) is 34.7. The van der Waals surface area contributed by atoms with E-state index >= 15 is 0 Å². The molecule has 1 heterocycles. The summed E-state index contributed by atoms with van der Waals surface area (Å²) in [4.78, 5) is 14.4. The van der Waals surface area contributed by atoms with Crippen molar-refractivity contribution >= 4 is 32.5 Å². The smallest absolute Gasteiger partial charge is 0.261 e. The fraction of sp³-hybridized carbons (Fsp3) is 0.651. The van der Waals surface area contributed by atoms with Crippen molar-refractivity contribution < 1.29 is 23.8 Å². The van der Waals surface area contributed by atoms with Crippen LogP contribution >= 0.6 is 0 Å². The van der Waals surface area contributed by atoms with Crippen molar-refractivity contribution in [1.29, 1.82) is 0 Å². The van der Waals surface area contributed by atoms with Gasteiger partial charge in [0.25, 0.3) is 8.32 Å². The average Bonchev–Trinajstić information content (AvgIpc) is 3.02. The van der Waals surface area contributed by atoms with E-state index in [-0.39, 0.29) is 36.4 Å². The molecule has 7 heteroatoms. The zero-order chi connectivity index (χ0) is 36.7. The van der Waals surface area contributed by atoms with Crippen molar-refractivity contribution in [3.8, 4) is 11.5 Å². The lowest BCUT2D eigenvalue weighted by Gasteiger charge is -2.45. The van der Waals surface area contributed by atoms with Gasteiger partial charge in [-0.05, 0) is 67.8 Å². The number of rotatable bonds is 15. The van der Waals surface area contributed by atoms with Gasteiger partial charge in [0.1, 0.15) is 13.9 Å². The maximum atomic E-state index is 14.4. The van der Waals surface area contributed by atoms with Gasteiger partial charge in [0.2, 0.25) is 0 Å². The highest BCUT2D eigenvalue weighted by atomic mass is 28.4. The van der Waals surface area contributed by atoms with Crippen molar-refractivity contribution in [1.82, 2.24) is 0 Å². The monoisotopic (exact) mass is 722 g/mol. The van der Waals surface area contributed by atoms with Crippen molar-refractivity contribution in [2.24, 2.45) is 17.3 Å². The van der Waals surface area contributed by atoms with Gasteiger partial charge in [-0.25, -0.2) is 0 Å². The molecule has 1 saturated heterocycles. The lowest BCUT2D eigenvalue weighted by molar-refractivity contribution is -0.289. The summed E-state index contributed by atoms with van der Waals surface area (Å²) in [5, 5.41) is 14.3. The molecule has 2 unspecified atom stereocenters. The third-order valence-corrected chi connectivity index (χ3v) is 16.2. The Labute approximate surface area is 308 Å². The highest BCUT2D eigenvalue weighted by molar-refractivity contribution is 6.99. The number of Topliss-reactive ketones (excluding diaryl/α,β-unsaturated/α-hetero) is 1. The number of aliphatic hydroxyl groups excluding tert-OH is 1. The maximum absolute atomic E-state index is 14.4. The Balaban J connectivity index is 0.00000867. The Bertz CT molecular complexity index is 1340. The number of ketones is 1. The molecule has 0 amide bonds. The normalized spacial score (nSPS) is 19.3. The SMILES string of the molecule is C.CC(CCC[C@H](C)C(O)[C@@H](CCC#C[Si](C)(C)C)C(=O)C(C)(C)[C@@H]1CCOC(C)(C)O1)O[Si](c1ccccc1)(c1ccccc1)C(C)(C)C. The Kier molecular flexibility index (Phi) is 16.0. The minimum Gasteiger partial charge on any atom is -0.405 e. The lowest BCUT2D eigenvalue weighted by atomic mass is 9.70. The predicted octanol–water partition coefficient (Wildman–Crippen LogP) is 9.17. The summed E-state index contributed by atoms with van der Waals surface area (Å²) in [5.41, 5.74) is 2.67. The summed E-state index contributed by atoms with van der Waals surface area (Å²) in [7, 11) is -4.19. The number of hydrogen-bond acceptors (Lipinski definition) is 5. The van der Waals surface area contributed by atoms with Crippen LogP contribution < -0.4 is 10.4 Å². The molecule has 0 radical (unpaired) electrons. The largest absolute Gasteiger partial charge is 0.405 e. The Morgan fingerprint density at radius 1 is 0.940 bits per heavy atom. The third-order valence-electron chi connectivity index (χ3n) is 10.1. The van der Waals surface area contributed by atoms with E-state index in [0.29, 0.717) is 25.9 Å². The molecule has 280 valence electrons. The van der Waals surface area contributed by atoms with Crippen LogP contribution in [0.25, 0.3) is 0 Å². The van der Waals surface area contributed by atoms with Crippen LogP contribution in [-0.4, -0.2) is 58.0 Å². The molecule has 2 aromatic rings. The van der Waals surface area contributed by atoms with Crippen molar-refractivity contribution in [3.05, 3.63) is 60.7 Å². The third kappa shape index (κ3) is 11.5. The highest BCUT2D eigenvalue weighted by Gasteiger charge is 2.51. The molecule has 2 aromatic carbocycles. The molecular formula is C43H70O5Si2. The fourth-order valence-electron chi connectivity index (χ4n) is 7.35. The molecule has 0 aromatic heterocycles. The summed E-state index contributed by atoms with van der Waals surface area (Å²) >= 11 is 0. The molecular weight excluding hydrogens is 653 g/mol. The van der Waals surface area contributed by atoms with Gasteiger partial charge in [-0.1, -0.05) is 136 Å². The summed E-state index contributed by atoms with van der Waals surface area (Å²) in [6.45, 7) is 26.2. The van der Waals surface area contributed by atoms with Gasteiger partial charge in [0.15, 0.2) is 5.79 Å². The number of hydrogen-bond donors (Lipinski definition) is 1. The van der Waals surface area contributed by atoms with Crippen molar-refractivity contribution in [2.45, 2.75) is 157 Å². The van der Waals surface area contributed by atoms with E-state index in [1.54, 1.807) is 0 Å².